The molecule has 1 aliphatic rings. The van der Waals surface area contributed by atoms with Crippen molar-refractivity contribution in [3.63, 3.8) is 0 Å². The summed E-state index contributed by atoms with van der Waals surface area (Å²) >= 11 is 0. The lowest BCUT2D eigenvalue weighted by atomic mass is 10.2. The van der Waals surface area contributed by atoms with Gasteiger partial charge in [0.1, 0.15) is 6.04 Å². The molecule has 2 heterocycles. The maximum absolute atomic E-state index is 12.9. The first-order valence-electron chi connectivity index (χ1n) is 9.12. The first kappa shape index (κ1) is 24.0. The van der Waals surface area contributed by atoms with E-state index in [1.807, 2.05) is 28.8 Å². The molecule has 0 spiro atoms. The van der Waals surface area contributed by atoms with Crippen LogP contribution in [0.15, 0.2) is 23.5 Å². The molecule has 0 radical (unpaired) electrons. The van der Waals surface area contributed by atoms with Gasteiger partial charge in [0.25, 0.3) is 0 Å². The molecule has 2 rings (SSSR count). The summed E-state index contributed by atoms with van der Waals surface area (Å²) in [7, 11) is 0. The second kappa shape index (κ2) is 11.1. The first-order valence-corrected chi connectivity index (χ1v) is 9.12. The summed E-state index contributed by atoms with van der Waals surface area (Å²) in [6, 6.07) is 0.486. The number of alkyl halides is 3. The van der Waals surface area contributed by atoms with Gasteiger partial charge in [-0.15, -0.1) is 24.0 Å². The highest BCUT2D eigenvalue weighted by Crippen LogP contribution is 2.25. The Labute approximate surface area is 176 Å². The van der Waals surface area contributed by atoms with Gasteiger partial charge in [0, 0.05) is 58.2 Å². The molecule has 0 amide bonds. The Balaban J connectivity index is 0.00000364. The van der Waals surface area contributed by atoms with Crippen molar-refractivity contribution in [3.05, 3.63) is 18.5 Å². The number of nitrogens with one attached hydrogen (secondary N) is 1. The van der Waals surface area contributed by atoms with Gasteiger partial charge in [0.05, 0.1) is 0 Å². The zero-order valence-electron chi connectivity index (χ0n) is 16.1. The summed E-state index contributed by atoms with van der Waals surface area (Å²) < 4.78 is 40.5. The quantitative estimate of drug-likeness (QED) is 0.370. The maximum Gasteiger partial charge on any atom is 0.403 e. The molecule has 2 unspecified atom stereocenters. The minimum atomic E-state index is -4.18. The van der Waals surface area contributed by atoms with Crippen molar-refractivity contribution in [2.45, 2.75) is 39.5 Å². The van der Waals surface area contributed by atoms with E-state index in [0.717, 1.165) is 19.0 Å². The predicted octanol–water partition coefficient (Wildman–Crippen LogP) is 2.67. The Kier molecular flexibility index (Phi) is 9.85. The average molecular weight is 502 g/mol. The molecule has 0 aliphatic carbocycles. The van der Waals surface area contributed by atoms with Crippen LogP contribution >= 0.6 is 24.0 Å². The zero-order chi connectivity index (χ0) is 19.2. The van der Waals surface area contributed by atoms with E-state index in [0.29, 0.717) is 38.6 Å². The van der Waals surface area contributed by atoms with E-state index in [9.17, 15) is 13.2 Å². The third-order valence-corrected chi connectivity index (χ3v) is 4.58. The smallest absolute Gasteiger partial charge is 0.357 e. The second-order valence-corrected chi connectivity index (χ2v) is 6.77. The van der Waals surface area contributed by atoms with Crippen LogP contribution in [0.3, 0.4) is 0 Å². The van der Waals surface area contributed by atoms with E-state index >= 15 is 0 Å². The molecule has 1 aliphatic heterocycles. The lowest BCUT2D eigenvalue weighted by Gasteiger charge is -2.39. The van der Waals surface area contributed by atoms with Crippen LogP contribution in [0.5, 0.6) is 0 Å². The van der Waals surface area contributed by atoms with E-state index < -0.39 is 12.2 Å². The molecule has 27 heavy (non-hydrogen) atoms. The van der Waals surface area contributed by atoms with Crippen molar-refractivity contribution < 1.29 is 13.2 Å². The summed E-state index contributed by atoms with van der Waals surface area (Å²) in [5.74, 6) is 1.09. The van der Waals surface area contributed by atoms with Gasteiger partial charge in [0.15, 0.2) is 5.96 Å². The zero-order valence-corrected chi connectivity index (χ0v) is 18.4. The van der Waals surface area contributed by atoms with Crippen LogP contribution in [-0.4, -0.2) is 77.0 Å². The normalized spacial score (nSPS) is 18.7. The van der Waals surface area contributed by atoms with Crippen LogP contribution in [0.1, 0.15) is 20.8 Å². The largest absolute Gasteiger partial charge is 0.403 e. The number of nitrogens with zero attached hydrogens (tertiary/aromatic N) is 5. The number of guanidine groups is 1. The number of hydrogen-bond donors (Lipinski definition) is 1. The first-order chi connectivity index (χ1) is 12.3. The lowest BCUT2D eigenvalue weighted by molar-refractivity contribution is -0.181. The van der Waals surface area contributed by atoms with E-state index in [2.05, 4.69) is 22.3 Å². The highest BCUT2D eigenvalue weighted by molar-refractivity contribution is 14.0. The summed E-state index contributed by atoms with van der Waals surface area (Å²) in [5.41, 5.74) is 0. The fraction of sp³-hybridized carbons (Fsp3) is 0.765. The van der Waals surface area contributed by atoms with Gasteiger partial charge < -0.3 is 10.2 Å². The van der Waals surface area contributed by atoms with Gasteiger partial charge in [-0.3, -0.25) is 14.6 Å². The summed E-state index contributed by atoms with van der Waals surface area (Å²) in [6.45, 7) is 9.33. The second-order valence-electron chi connectivity index (χ2n) is 6.77. The van der Waals surface area contributed by atoms with Crippen LogP contribution in [0.2, 0.25) is 0 Å². The van der Waals surface area contributed by atoms with Crippen LogP contribution in [0.25, 0.3) is 0 Å². The molecular weight excluding hydrogens is 472 g/mol. The molecule has 6 nitrogen and oxygen atoms in total. The Hall–Kier alpha value is -1.04. The lowest BCUT2D eigenvalue weighted by Crippen LogP contribution is -2.56. The van der Waals surface area contributed by atoms with E-state index in [-0.39, 0.29) is 24.0 Å². The van der Waals surface area contributed by atoms with Crippen molar-refractivity contribution in [1.82, 2.24) is 24.9 Å². The molecule has 0 saturated carbocycles. The standard InChI is InChI=1S/C17H29F3N6.HI/c1-4-21-16(22-12-14(2)13-26-7-5-6-23-26)25-10-8-24(9-11-25)15(3)17(18,19)20;/h5-7,14-15H,4,8-13H2,1-3H3,(H,21,22);1H. The van der Waals surface area contributed by atoms with Gasteiger partial charge in [-0.25, -0.2) is 0 Å². The number of piperazine rings is 1. The Morgan fingerprint density at radius 2 is 1.89 bits per heavy atom. The topological polar surface area (TPSA) is 48.7 Å². The summed E-state index contributed by atoms with van der Waals surface area (Å²) in [4.78, 5) is 8.22. The summed E-state index contributed by atoms with van der Waals surface area (Å²) in [5, 5.41) is 7.45. The fourth-order valence-corrected chi connectivity index (χ4v) is 2.98. The third-order valence-electron chi connectivity index (χ3n) is 4.58. The van der Waals surface area contributed by atoms with Gasteiger partial charge in [-0.1, -0.05) is 6.92 Å². The van der Waals surface area contributed by atoms with Crippen molar-refractivity contribution in [1.29, 1.82) is 0 Å². The number of halogens is 4. The molecule has 1 saturated heterocycles. The van der Waals surface area contributed by atoms with Gasteiger partial charge in [-0.05, 0) is 25.8 Å². The Morgan fingerprint density at radius 1 is 1.22 bits per heavy atom. The average Bonchev–Trinajstić information content (AvgIpc) is 3.10. The number of aromatic nitrogens is 2. The van der Waals surface area contributed by atoms with Crippen molar-refractivity contribution in [3.8, 4) is 0 Å². The van der Waals surface area contributed by atoms with Crippen molar-refractivity contribution in [2.75, 3.05) is 39.3 Å². The van der Waals surface area contributed by atoms with Crippen molar-refractivity contribution >= 4 is 29.9 Å². The van der Waals surface area contributed by atoms with Crippen LogP contribution in [-0.2, 0) is 6.54 Å². The minimum Gasteiger partial charge on any atom is -0.357 e. The number of rotatable bonds is 6. The van der Waals surface area contributed by atoms with E-state index in [4.69, 9.17) is 0 Å². The molecule has 2 atom stereocenters. The molecule has 0 bridgehead atoms. The van der Waals surface area contributed by atoms with Crippen molar-refractivity contribution in [2.24, 2.45) is 10.9 Å². The van der Waals surface area contributed by atoms with Gasteiger partial charge in [0.2, 0.25) is 0 Å². The fourth-order valence-electron chi connectivity index (χ4n) is 2.98. The van der Waals surface area contributed by atoms with E-state index in [1.54, 1.807) is 6.20 Å². The SMILES string of the molecule is CCNC(=NCC(C)Cn1cccn1)N1CCN(C(C)C(F)(F)F)CC1.I. The third kappa shape index (κ3) is 7.47. The molecule has 1 fully saturated rings. The highest BCUT2D eigenvalue weighted by Gasteiger charge is 2.41. The summed E-state index contributed by atoms with van der Waals surface area (Å²) in [6.07, 6.45) is -0.503. The molecule has 1 aromatic heterocycles. The molecule has 10 heteroatoms. The van der Waals surface area contributed by atoms with Gasteiger partial charge >= 0.3 is 6.18 Å². The molecule has 1 N–H and O–H groups in total. The molecule has 1 aromatic rings. The monoisotopic (exact) mass is 502 g/mol. The molecule has 0 aromatic carbocycles. The van der Waals surface area contributed by atoms with Crippen LogP contribution < -0.4 is 5.32 Å². The van der Waals surface area contributed by atoms with Gasteiger partial charge in [-0.2, -0.15) is 18.3 Å². The maximum atomic E-state index is 12.9. The molecule has 156 valence electrons. The Morgan fingerprint density at radius 3 is 2.41 bits per heavy atom. The number of aliphatic imine (C=N–C) groups is 1. The number of hydrogen-bond acceptors (Lipinski definition) is 3. The Bertz CT molecular complexity index is 556. The van der Waals surface area contributed by atoms with Crippen LogP contribution in [0.4, 0.5) is 13.2 Å². The minimum absolute atomic E-state index is 0. The van der Waals surface area contributed by atoms with Crippen LogP contribution in [0, 0.1) is 5.92 Å². The molecular formula is C17H30F3IN6. The van der Waals surface area contributed by atoms with E-state index in [1.165, 1.54) is 11.8 Å². The highest BCUT2D eigenvalue weighted by atomic mass is 127. The predicted molar refractivity (Wildman–Crippen MR) is 111 cm³/mol.